The fraction of sp³-hybridized carbons (Fsp3) is 0.947. The van der Waals surface area contributed by atoms with Crippen molar-refractivity contribution in [3.8, 4) is 0 Å². The third kappa shape index (κ3) is 3.84. The third-order valence-electron chi connectivity index (χ3n) is 6.45. The Morgan fingerprint density at radius 3 is 2.64 bits per heavy atom. The summed E-state index contributed by atoms with van der Waals surface area (Å²) in [7, 11) is 0. The van der Waals surface area contributed by atoms with Crippen LogP contribution in [0.4, 0.5) is 0 Å². The maximum absolute atomic E-state index is 12.9. The second-order valence-corrected chi connectivity index (χ2v) is 7.98. The van der Waals surface area contributed by atoms with Gasteiger partial charge in [0.2, 0.25) is 5.91 Å². The van der Waals surface area contributed by atoms with Gasteiger partial charge in [-0.1, -0.05) is 26.2 Å². The van der Waals surface area contributed by atoms with Crippen LogP contribution in [0.15, 0.2) is 0 Å². The van der Waals surface area contributed by atoms with Crippen molar-refractivity contribution < 1.29 is 4.79 Å². The monoisotopic (exact) mass is 306 g/mol. The molecule has 2 heterocycles. The highest BCUT2D eigenvalue weighted by Crippen LogP contribution is 2.35. The van der Waals surface area contributed by atoms with E-state index in [-0.39, 0.29) is 0 Å². The molecule has 1 amide bonds. The van der Waals surface area contributed by atoms with Crippen LogP contribution in [-0.4, -0.2) is 36.5 Å². The number of rotatable bonds is 4. The topological polar surface area (TPSA) is 32.3 Å². The van der Waals surface area contributed by atoms with Gasteiger partial charge in [0, 0.05) is 19.0 Å². The number of carbonyl (C=O) groups excluding carboxylic acids is 1. The van der Waals surface area contributed by atoms with Crippen LogP contribution in [-0.2, 0) is 4.79 Å². The Labute approximate surface area is 136 Å². The Balaban J connectivity index is 1.53. The van der Waals surface area contributed by atoms with E-state index in [0.29, 0.717) is 23.8 Å². The van der Waals surface area contributed by atoms with Crippen molar-refractivity contribution in [1.29, 1.82) is 0 Å². The first-order valence-corrected chi connectivity index (χ1v) is 9.76. The van der Waals surface area contributed by atoms with Gasteiger partial charge in [0.1, 0.15) is 0 Å². The van der Waals surface area contributed by atoms with E-state index in [1.165, 1.54) is 57.8 Å². The van der Waals surface area contributed by atoms with Crippen molar-refractivity contribution in [2.24, 2.45) is 17.8 Å². The van der Waals surface area contributed by atoms with Gasteiger partial charge in [0.15, 0.2) is 0 Å². The number of likely N-dealkylation sites (tertiary alicyclic amines) is 1. The predicted octanol–water partition coefficient (Wildman–Crippen LogP) is 3.58. The molecule has 1 N–H and O–H groups in total. The van der Waals surface area contributed by atoms with E-state index in [4.69, 9.17) is 0 Å². The minimum Gasteiger partial charge on any atom is -0.339 e. The summed E-state index contributed by atoms with van der Waals surface area (Å²) in [5.41, 5.74) is 0. The van der Waals surface area contributed by atoms with Gasteiger partial charge >= 0.3 is 0 Å². The summed E-state index contributed by atoms with van der Waals surface area (Å²) in [5, 5.41) is 3.49. The Morgan fingerprint density at radius 1 is 1.09 bits per heavy atom. The molecule has 3 unspecified atom stereocenters. The van der Waals surface area contributed by atoms with Gasteiger partial charge in [-0.25, -0.2) is 0 Å². The summed E-state index contributed by atoms with van der Waals surface area (Å²) >= 11 is 0. The number of carbonyl (C=O) groups is 1. The molecule has 0 aromatic carbocycles. The van der Waals surface area contributed by atoms with E-state index in [2.05, 4.69) is 17.1 Å². The predicted molar refractivity (Wildman–Crippen MR) is 90.7 cm³/mol. The van der Waals surface area contributed by atoms with Crippen molar-refractivity contribution in [2.45, 2.75) is 77.2 Å². The molecule has 3 fully saturated rings. The summed E-state index contributed by atoms with van der Waals surface area (Å²) in [6.45, 7) is 5.59. The largest absolute Gasteiger partial charge is 0.339 e. The molecule has 126 valence electrons. The average Bonchev–Trinajstić information content (AvgIpc) is 3.06. The van der Waals surface area contributed by atoms with Gasteiger partial charge in [0.05, 0.1) is 0 Å². The normalized spacial score (nSPS) is 32.1. The molecule has 22 heavy (non-hydrogen) atoms. The molecule has 0 bridgehead atoms. The molecule has 1 saturated carbocycles. The molecule has 3 heteroatoms. The van der Waals surface area contributed by atoms with Gasteiger partial charge in [-0.05, 0) is 69.4 Å². The summed E-state index contributed by atoms with van der Waals surface area (Å²) < 4.78 is 0. The second-order valence-electron chi connectivity index (χ2n) is 7.98. The van der Waals surface area contributed by atoms with Crippen LogP contribution in [0.1, 0.15) is 71.1 Å². The van der Waals surface area contributed by atoms with Crippen LogP contribution in [0.3, 0.4) is 0 Å². The number of piperidine rings is 1. The maximum Gasteiger partial charge on any atom is 0.223 e. The lowest BCUT2D eigenvalue weighted by molar-refractivity contribution is -0.134. The molecular formula is C19H34N2O. The molecule has 0 spiro atoms. The van der Waals surface area contributed by atoms with E-state index in [0.717, 1.165) is 32.0 Å². The van der Waals surface area contributed by atoms with E-state index in [1.54, 1.807) is 0 Å². The molecule has 2 aliphatic heterocycles. The lowest BCUT2D eigenvalue weighted by atomic mass is 9.82. The molecule has 0 aromatic rings. The van der Waals surface area contributed by atoms with Crippen LogP contribution < -0.4 is 5.32 Å². The molecular weight excluding hydrogens is 272 g/mol. The van der Waals surface area contributed by atoms with Crippen LogP contribution in [0.25, 0.3) is 0 Å². The van der Waals surface area contributed by atoms with E-state index in [1.807, 2.05) is 0 Å². The number of hydrogen-bond acceptors (Lipinski definition) is 2. The third-order valence-corrected chi connectivity index (χ3v) is 6.45. The SMILES string of the molecule is CC(CC(=O)N1CCCC1C1CCCCC1)C1CCCNC1. The molecule has 3 atom stereocenters. The lowest BCUT2D eigenvalue weighted by Crippen LogP contribution is -2.42. The number of nitrogens with zero attached hydrogens (tertiary/aromatic N) is 1. The zero-order valence-corrected chi connectivity index (χ0v) is 14.4. The lowest BCUT2D eigenvalue weighted by Gasteiger charge is -2.35. The fourth-order valence-corrected chi connectivity index (χ4v) is 5.04. The molecule has 3 rings (SSSR count). The summed E-state index contributed by atoms with van der Waals surface area (Å²) in [5.74, 6) is 2.49. The Hall–Kier alpha value is -0.570. The maximum atomic E-state index is 12.9. The van der Waals surface area contributed by atoms with Crippen LogP contribution in [0.2, 0.25) is 0 Å². The molecule has 0 radical (unpaired) electrons. The Kier molecular flexibility index (Phi) is 5.78. The molecule has 0 aromatic heterocycles. The van der Waals surface area contributed by atoms with Gasteiger partial charge in [0.25, 0.3) is 0 Å². The minimum atomic E-state index is 0.450. The van der Waals surface area contributed by atoms with Gasteiger partial charge in [-0.2, -0.15) is 0 Å². The summed E-state index contributed by atoms with van der Waals surface area (Å²) in [4.78, 5) is 15.1. The smallest absolute Gasteiger partial charge is 0.223 e. The molecule has 1 aliphatic carbocycles. The Bertz CT molecular complexity index is 358. The van der Waals surface area contributed by atoms with Crippen molar-refractivity contribution in [3.05, 3.63) is 0 Å². The Morgan fingerprint density at radius 2 is 1.91 bits per heavy atom. The van der Waals surface area contributed by atoms with Crippen molar-refractivity contribution in [3.63, 3.8) is 0 Å². The summed E-state index contributed by atoms with van der Waals surface area (Å²) in [6.07, 6.45) is 12.7. The van der Waals surface area contributed by atoms with Gasteiger partial charge in [-0.15, -0.1) is 0 Å². The standard InChI is InChI=1S/C19H34N2O/c1-15(17-9-5-11-20-14-17)13-19(22)21-12-6-10-18(21)16-7-3-2-4-8-16/h15-18,20H,2-14H2,1H3. The van der Waals surface area contributed by atoms with Crippen LogP contribution in [0, 0.1) is 17.8 Å². The number of amides is 1. The molecule has 3 nitrogen and oxygen atoms in total. The number of nitrogens with one attached hydrogen (secondary N) is 1. The highest BCUT2D eigenvalue weighted by molar-refractivity contribution is 5.77. The van der Waals surface area contributed by atoms with E-state index >= 15 is 0 Å². The van der Waals surface area contributed by atoms with Gasteiger partial charge < -0.3 is 10.2 Å². The molecule has 3 aliphatic rings. The first kappa shape index (κ1) is 16.3. The first-order valence-electron chi connectivity index (χ1n) is 9.76. The average molecular weight is 306 g/mol. The van der Waals surface area contributed by atoms with Crippen molar-refractivity contribution in [2.75, 3.05) is 19.6 Å². The van der Waals surface area contributed by atoms with Crippen molar-refractivity contribution >= 4 is 5.91 Å². The highest BCUT2D eigenvalue weighted by Gasteiger charge is 2.36. The fourth-order valence-electron chi connectivity index (χ4n) is 5.04. The minimum absolute atomic E-state index is 0.450. The zero-order valence-electron chi connectivity index (χ0n) is 14.4. The van der Waals surface area contributed by atoms with E-state index in [9.17, 15) is 4.79 Å². The first-order chi connectivity index (χ1) is 10.8. The van der Waals surface area contributed by atoms with E-state index < -0.39 is 0 Å². The highest BCUT2D eigenvalue weighted by atomic mass is 16.2. The van der Waals surface area contributed by atoms with Crippen LogP contribution >= 0.6 is 0 Å². The zero-order chi connectivity index (χ0) is 15.4. The molecule has 2 saturated heterocycles. The van der Waals surface area contributed by atoms with Crippen LogP contribution in [0.5, 0.6) is 0 Å². The summed E-state index contributed by atoms with van der Waals surface area (Å²) in [6, 6.07) is 0.574. The van der Waals surface area contributed by atoms with Crippen molar-refractivity contribution in [1.82, 2.24) is 10.2 Å². The number of hydrogen-bond donors (Lipinski definition) is 1. The second kappa shape index (κ2) is 7.81. The quantitative estimate of drug-likeness (QED) is 0.861. The van der Waals surface area contributed by atoms with Gasteiger partial charge in [-0.3, -0.25) is 4.79 Å².